The normalized spacial score (nSPS) is 26.8. The molecule has 0 aromatic rings. The highest BCUT2D eigenvalue weighted by atomic mass is 127. The van der Waals surface area contributed by atoms with Crippen LogP contribution in [-0.2, 0) is 0 Å². The molecule has 0 fully saturated rings. The van der Waals surface area contributed by atoms with Crippen molar-refractivity contribution >= 4 is 46.6 Å². The van der Waals surface area contributed by atoms with Crippen LogP contribution in [0.25, 0.3) is 0 Å². The van der Waals surface area contributed by atoms with Gasteiger partial charge in [-0.2, -0.15) is 0 Å². The van der Waals surface area contributed by atoms with Crippen molar-refractivity contribution in [2.45, 2.75) is 0 Å². The maximum absolute atomic E-state index is 2.48. The van der Waals surface area contributed by atoms with E-state index in [1.165, 1.54) is 0 Å². The van der Waals surface area contributed by atoms with E-state index in [-0.39, 0.29) is 0 Å². The Kier molecular flexibility index (Phi) is 1.24. The van der Waals surface area contributed by atoms with Gasteiger partial charge in [-0.15, -0.1) is 0 Å². The molecule has 0 aliphatic carbocycles. The van der Waals surface area contributed by atoms with Crippen molar-refractivity contribution in [2.75, 3.05) is 0 Å². The van der Waals surface area contributed by atoms with E-state index >= 15 is 0 Å². The van der Waals surface area contributed by atoms with Gasteiger partial charge in [0.25, 0.3) is 0 Å². The molecule has 1 aliphatic rings. The van der Waals surface area contributed by atoms with Crippen LogP contribution in [0.2, 0.25) is 0 Å². The third-order valence-electron chi connectivity index (χ3n) is 0.374. The van der Waals surface area contributed by atoms with E-state index < -0.39 is 2.55 Å². The van der Waals surface area contributed by atoms with Crippen molar-refractivity contribution in [1.82, 2.24) is 0 Å². The predicted octanol–water partition coefficient (Wildman–Crippen LogP) is 3.19. The van der Waals surface area contributed by atoms with Gasteiger partial charge in [-0.3, -0.25) is 0 Å². The first-order chi connectivity index (χ1) is 2.21. The molecule has 0 N–H and O–H groups in total. The van der Waals surface area contributed by atoms with Crippen molar-refractivity contribution in [3.63, 3.8) is 0 Å². The average molecular weight is 311 g/mol. The van der Waals surface area contributed by atoms with Crippen molar-refractivity contribution in [3.05, 3.63) is 11.6 Å². The van der Waals surface area contributed by atoms with Gasteiger partial charge in [0.05, 0.1) is 0 Å². The topological polar surface area (TPSA) is 0 Å². The predicted molar refractivity (Wildman–Crippen MR) is 44.1 cm³/mol. The summed E-state index contributed by atoms with van der Waals surface area (Å²) in [6, 6.07) is 0. The molecule has 0 spiro atoms. The Balaban J connectivity index is 2.47. The third kappa shape index (κ3) is 1.69. The number of rotatable bonds is 0. The van der Waals surface area contributed by atoms with E-state index in [9.17, 15) is 0 Å². The van der Waals surface area contributed by atoms with Gasteiger partial charge in [0.2, 0.25) is 0 Å². The van der Waals surface area contributed by atoms with E-state index in [0.717, 1.165) is 0 Å². The molecule has 0 amide bonds. The van der Waals surface area contributed by atoms with E-state index in [4.69, 9.17) is 0 Å². The van der Waals surface area contributed by atoms with Gasteiger partial charge in [0.15, 0.2) is 46.6 Å². The standard InChI is InChI=1S/C2H2I2P/c3-5(4)1-2-5/h1-2H/q+1. The average Bonchev–Trinajstić information content (AvgIpc) is 1.76. The highest BCUT2D eigenvalue weighted by Crippen LogP contribution is 2.87. The molecule has 0 saturated carbocycles. The molecule has 1 heterocycles. The maximum atomic E-state index is 2.48. The summed E-state index contributed by atoms with van der Waals surface area (Å²) >= 11 is 4.95. The third-order valence-corrected chi connectivity index (χ3v) is 4.98. The molecule has 3 heteroatoms. The second-order valence-electron chi connectivity index (χ2n) is 0.901. The highest BCUT2D eigenvalue weighted by molar-refractivity contribution is 14.3. The zero-order valence-corrected chi connectivity index (χ0v) is 7.57. The van der Waals surface area contributed by atoms with Crippen LogP contribution in [0.5, 0.6) is 0 Å². The minimum atomic E-state index is -0.449. The minimum Gasteiger partial charge on any atom is 0.118 e. The lowest BCUT2D eigenvalue weighted by atomic mass is 11.3. The molecule has 0 radical (unpaired) electrons. The van der Waals surface area contributed by atoms with Crippen LogP contribution in [0.15, 0.2) is 11.6 Å². The summed E-state index contributed by atoms with van der Waals surface area (Å²) in [5, 5.41) is 0. The van der Waals surface area contributed by atoms with Gasteiger partial charge >= 0.3 is 0 Å². The minimum absolute atomic E-state index is 0.449. The molecule has 1 aliphatic heterocycles. The Labute approximate surface area is 57.7 Å². The summed E-state index contributed by atoms with van der Waals surface area (Å²) in [6.45, 7) is 0. The summed E-state index contributed by atoms with van der Waals surface area (Å²) in [5.41, 5.74) is 0. The Morgan fingerprint density at radius 2 is 1.40 bits per heavy atom. The molecule has 0 aromatic heterocycles. The summed E-state index contributed by atoms with van der Waals surface area (Å²) in [4.78, 5) is 0. The Morgan fingerprint density at radius 3 is 1.40 bits per heavy atom. The fourth-order valence-electron chi connectivity index (χ4n) is 0.0504. The van der Waals surface area contributed by atoms with Crippen LogP contribution in [-0.4, -0.2) is 0 Å². The van der Waals surface area contributed by atoms with Crippen LogP contribution >= 0.6 is 46.6 Å². The van der Waals surface area contributed by atoms with E-state index in [0.29, 0.717) is 0 Å². The SMILES string of the molecule is I[P+]1(I)C=C1. The molecule has 0 aromatic carbocycles. The Hall–Kier alpha value is 1.63. The van der Waals surface area contributed by atoms with E-state index in [1.807, 2.05) is 0 Å². The van der Waals surface area contributed by atoms with Crippen LogP contribution in [0.1, 0.15) is 0 Å². The lowest BCUT2D eigenvalue weighted by Crippen LogP contribution is -1.13. The zero-order valence-electron chi connectivity index (χ0n) is 2.36. The fourth-order valence-corrected chi connectivity index (χ4v) is 3.04. The van der Waals surface area contributed by atoms with Crippen LogP contribution in [0.3, 0.4) is 0 Å². The van der Waals surface area contributed by atoms with Crippen molar-refractivity contribution in [1.29, 1.82) is 0 Å². The fraction of sp³-hybridized carbons (Fsp3) is 0. The molecule has 0 bridgehead atoms. The van der Waals surface area contributed by atoms with Gasteiger partial charge in [-0.05, 0) is 0 Å². The molecule has 5 heavy (non-hydrogen) atoms. The van der Waals surface area contributed by atoms with Crippen molar-refractivity contribution in [3.8, 4) is 0 Å². The lowest BCUT2D eigenvalue weighted by molar-refractivity contribution is 2.81. The molecule has 1 rings (SSSR count). The maximum Gasteiger partial charge on any atom is 0.192 e. The van der Waals surface area contributed by atoms with Crippen molar-refractivity contribution in [2.24, 2.45) is 0 Å². The quantitative estimate of drug-likeness (QED) is 0.476. The first-order valence-corrected chi connectivity index (χ1v) is 8.69. The highest BCUT2D eigenvalue weighted by Gasteiger charge is 2.38. The van der Waals surface area contributed by atoms with Gasteiger partial charge in [0.1, 0.15) is 11.6 Å². The molecule has 0 atom stereocenters. The molecular weight excluding hydrogens is 309 g/mol. The van der Waals surface area contributed by atoms with Crippen LogP contribution in [0, 0.1) is 0 Å². The summed E-state index contributed by atoms with van der Waals surface area (Å²) in [6.07, 6.45) is 0. The van der Waals surface area contributed by atoms with Gasteiger partial charge in [-0.1, -0.05) is 0 Å². The number of hydrogen-bond acceptors (Lipinski definition) is 0. The molecule has 0 saturated heterocycles. The second-order valence-corrected chi connectivity index (χ2v) is 17.8. The zero-order chi connectivity index (χ0) is 3.91. The molecule has 0 unspecified atom stereocenters. The van der Waals surface area contributed by atoms with Crippen LogP contribution < -0.4 is 0 Å². The van der Waals surface area contributed by atoms with Crippen molar-refractivity contribution < 1.29 is 0 Å². The van der Waals surface area contributed by atoms with E-state index in [1.54, 1.807) is 0 Å². The lowest BCUT2D eigenvalue weighted by Gasteiger charge is -1.68. The molecular formula is C2H2I2P+. The van der Waals surface area contributed by atoms with Gasteiger partial charge < -0.3 is 0 Å². The summed E-state index contributed by atoms with van der Waals surface area (Å²) in [5.74, 6) is 4.54. The smallest absolute Gasteiger partial charge is 0.118 e. The Bertz CT molecular complexity index is 67.7. The van der Waals surface area contributed by atoms with E-state index in [2.05, 4.69) is 55.7 Å². The summed E-state index contributed by atoms with van der Waals surface area (Å²) in [7, 11) is 0. The van der Waals surface area contributed by atoms with Gasteiger partial charge in [-0.25, -0.2) is 0 Å². The molecule has 28 valence electrons. The summed E-state index contributed by atoms with van der Waals surface area (Å²) < 4.78 is -0.449. The second kappa shape index (κ2) is 1.30. The van der Waals surface area contributed by atoms with Gasteiger partial charge in [0, 0.05) is 0 Å². The monoisotopic (exact) mass is 311 g/mol. The first kappa shape index (κ1) is 4.78. The molecule has 0 nitrogen and oxygen atoms in total. The largest absolute Gasteiger partial charge is 0.192 e. The Morgan fingerprint density at radius 1 is 1.20 bits per heavy atom. The first-order valence-electron chi connectivity index (χ1n) is 1.19. The van der Waals surface area contributed by atoms with Crippen LogP contribution in [0.4, 0.5) is 0 Å². The number of hydrogen-bond donors (Lipinski definition) is 0. The number of halogens is 2.